The Balaban J connectivity index is 2.35. The minimum atomic E-state index is 0.400. The summed E-state index contributed by atoms with van der Waals surface area (Å²) in [7, 11) is 0. The van der Waals surface area contributed by atoms with Gasteiger partial charge in [-0.25, -0.2) is 0 Å². The summed E-state index contributed by atoms with van der Waals surface area (Å²) < 4.78 is 5.77. The molecule has 0 aromatic heterocycles. The molecule has 0 aliphatic heterocycles. The summed E-state index contributed by atoms with van der Waals surface area (Å²) in [5, 5.41) is 0. The summed E-state index contributed by atoms with van der Waals surface area (Å²) in [6.07, 6.45) is 2.33. The lowest BCUT2D eigenvalue weighted by Gasteiger charge is -2.23. The van der Waals surface area contributed by atoms with E-state index in [0.717, 1.165) is 30.0 Å². The van der Waals surface area contributed by atoms with Crippen LogP contribution in [0.25, 0.3) is 0 Å². The van der Waals surface area contributed by atoms with Gasteiger partial charge in [0.1, 0.15) is 5.75 Å². The quantitative estimate of drug-likeness (QED) is 0.784. The van der Waals surface area contributed by atoms with Crippen molar-refractivity contribution in [2.45, 2.75) is 47.5 Å². The fourth-order valence-electron chi connectivity index (χ4n) is 2.26. The van der Waals surface area contributed by atoms with Gasteiger partial charge in [-0.05, 0) is 54.9 Å². The largest absolute Gasteiger partial charge is 0.494 e. The van der Waals surface area contributed by atoms with Crippen LogP contribution in [0.2, 0.25) is 0 Å². The predicted octanol–water partition coefficient (Wildman–Crippen LogP) is 4.42. The topological polar surface area (TPSA) is 35.2 Å². The second kappa shape index (κ2) is 6.12. The van der Waals surface area contributed by atoms with Gasteiger partial charge < -0.3 is 10.5 Å². The molecule has 0 saturated heterocycles. The van der Waals surface area contributed by atoms with Crippen molar-refractivity contribution in [1.82, 2.24) is 0 Å². The third-order valence-electron chi connectivity index (χ3n) is 3.08. The molecular weight excluding hydrogens is 222 g/mol. The van der Waals surface area contributed by atoms with Gasteiger partial charge in [-0.2, -0.15) is 0 Å². The number of hydrogen-bond acceptors (Lipinski definition) is 2. The fraction of sp³-hybridized carbons (Fsp3) is 0.625. The molecule has 0 heterocycles. The van der Waals surface area contributed by atoms with Gasteiger partial charge in [0.25, 0.3) is 0 Å². The van der Waals surface area contributed by atoms with Crippen LogP contribution in [0.4, 0.5) is 5.69 Å². The van der Waals surface area contributed by atoms with Gasteiger partial charge in [0.15, 0.2) is 0 Å². The molecule has 0 saturated carbocycles. The molecule has 2 N–H and O–H groups in total. The highest BCUT2D eigenvalue weighted by Crippen LogP contribution is 2.26. The van der Waals surface area contributed by atoms with Gasteiger partial charge in [0, 0.05) is 5.69 Å². The lowest BCUT2D eigenvalue weighted by Crippen LogP contribution is -2.13. The summed E-state index contributed by atoms with van der Waals surface area (Å²) in [4.78, 5) is 0. The first-order chi connectivity index (χ1) is 8.28. The molecule has 1 aromatic carbocycles. The molecule has 102 valence electrons. The zero-order valence-electron chi connectivity index (χ0n) is 12.4. The van der Waals surface area contributed by atoms with Crippen molar-refractivity contribution < 1.29 is 4.74 Å². The number of nitrogen functional groups attached to an aromatic ring is 1. The number of rotatable bonds is 5. The third-order valence-corrected chi connectivity index (χ3v) is 3.08. The smallest absolute Gasteiger partial charge is 0.119 e. The lowest BCUT2D eigenvalue weighted by molar-refractivity contribution is 0.240. The molecule has 2 heteroatoms. The van der Waals surface area contributed by atoms with Crippen molar-refractivity contribution in [3.63, 3.8) is 0 Å². The molecule has 1 rings (SSSR count). The van der Waals surface area contributed by atoms with Crippen LogP contribution in [-0.2, 0) is 0 Å². The van der Waals surface area contributed by atoms with E-state index in [0.29, 0.717) is 11.3 Å². The first-order valence-electron chi connectivity index (χ1n) is 6.77. The van der Waals surface area contributed by atoms with Crippen LogP contribution in [0, 0.1) is 18.3 Å². The molecule has 0 fully saturated rings. The van der Waals surface area contributed by atoms with Gasteiger partial charge in [-0.3, -0.25) is 0 Å². The maximum Gasteiger partial charge on any atom is 0.119 e. The lowest BCUT2D eigenvalue weighted by atomic mass is 9.84. The van der Waals surface area contributed by atoms with E-state index in [-0.39, 0.29) is 0 Å². The number of hydrogen-bond donors (Lipinski definition) is 1. The van der Waals surface area contributed by atoms with Crippen LogP contribution < -0.4 is 10.5 Å². The summed E-state index contributed by atoms with van der Waals surface area (Å²) in [6, 6.07) is 5.85. The fourth-order valence-corrected chi connectivity index (χ4v) is 2.26. The highest BCUT2D eigenvalue weighted by Gasteiger charge is 2.15. The molecule has 0 amide bonds. The third kappa shape index (κ3) is 5.44. The standard InChI is InChI=1S/C16H27NO/c1-12(11-16(3,4)5)8-9-18-14-6-7-15(17)13(2)10-14/h6-7,10,12H,8-9,11,17H2,1-5H3. The summed E-state index contributed by atoms with van der Waals surface area (Å²) in [5.41, 5.74) is 8.08. The van der Waals surface area contributed by atoms with Crippen LogP contribution in [0.5, 0.6) is 5.75 Å². The highest BCUT2D eigenvalue weighted by atomic mass is 16.5. The number of aryl methyl sites for hydroxylation is 1. The molecule has 0 aliphatic rings. The molecule has 1 aromatic rings. The first kappa shape index (κ1) is 14.9. The van der Waals surface area contributed by atoms with Crippen molar-refractivity contribution in [2.75, 3.05) is 12.3 Å². The number of anilines is 1. The molecule has 0 bridgehead atoms. The van der Waals surface area contributed by atoms with Gasteiger partial charge in [-0.15, -0.1) is 0 Å². The molecule has 0 radical (unpaired) electrons. The zero-order chi connectivity index (χ0) is 13.8. The van der Waals surface area contributed by atoms with Crippen molar-refractivity contribution in [3.8, 4) is 5.75 Å². The highest BCUT2D eigenvalue weighted by molar-refractivity contribution is 5.49. The van der Waals surface area contributed by atoms with Gasteiger partial charge in [0.05, 0.1) is 6.61 Å². The summed E-state index contributed by atoms with van der Waals surface area (Å²) >= 11 is 0. The Kier molecular flexibility index (Phi) is 5.06. The molecule has 1 unspecified atom stereocenters. The van der Waals surface area contributed by atoms with Gasteiger partial charge in [0.2, 0.25) is 0 Å². The maximum absolute atomic E-state index is 5.78. The first-order valence-corrected chi connectivity index (χ1v) is 6.77. The summed E-state index contributed by atoms with van der Waals surface area (Å²) in [5.74, 6) is 1.62. The van der Waals surface area contributed by atoms with Gasteiger partial charge >= 0.3 is 0 Å². The zero-order valence-corrected chi connectivity index (χ0v) is 12.4. The van der Waals surface area contributed by atoms with Crippen LogP contribution in [-0.4, -0.2) is 6.61 Å². The van der Waals surface area contributed by atoms with E-state index in [1.54, 1.807) is 0 Å². The van der Waals surface area contributed by atoms with Crippen LogP contribution in [0.15, 0.2) is 18.2 Å². The SMILES string of the molecule is Cc1cc(OCCC(C)CC(C)(C)C)ccc1N. The van der Waals surface area contributed by atoms with Crippen LogP contribution in [0.3, 0.4) is 0 Å². The number of benzene rings is 1. The van der Waals surface area contributed by atoms with Crippen LogP contribution in [0.1, 0.15) is 46.1 Å². The number of ether oxygens (including phenoxy) is 1. The molecule has 0 spiro atoms. The predicted molar refractivity (Wildman–Crippen MR) is 78.9 cm³/mol. The van der Waals surface area contributed by atoms with E-state index < -0.39 is 0 Å². The Labute approximate surface area is 112 Å². The van der Waals surface area contributed by atoms with Crippen molar-refractivity contribution >= 4 is 5.69 Å². The molecule has 18 heavy (non-hydrogen) atoms. The van der Waals surface area contributed by atoms with E-state index in [2.05, 4.69) is 27.7 Å². The second-order valence-electron chi connectivity index (χ2n) is 6.53. The second-order valence-corrected chi connectivity index (χ2v) is 6.53. The molecular formula is C16H27NO. The normalized spacial score (nSPS) is 13.4. The molecule has 1 atom stereocenters. The van der Waals surface area contributed by atoms with E-state index in [9.17, 15) is 0 Å². The Bertz CT molecular complexity index is 379. The van der Waals surface area contributed by atoms with Gasteiger partial charge in [-0.1, -0.05) is 27.7 Å². The summed E-state index contributed by atoms with van der Waals surface area (Å²) in [6.45, 7) is 11.9. The molecule has 2 nitrogen and oxygen atoms in total. The average Bonchev–Trinajstić information content (AvgIpc) is 2.20. The minimum Gasteiger partial charge on any atom is -0.494 e. The van der Waals surface area contributed by atoms with Crippen molar-refractivity contribution in [3.05, 3.63) is 23.8 Å². The van der Waals surface area contributed by atoms with E-state index in [1.807, 2.05) is 25.1 Å². The number of nitrogens with two attached hydrogens (primary N) is 1. The maximum atomic E-state index is 5.78. The Hall–Kier alpha value is -1.18. The van der Waals surface area contributed by atoms with E-state index >= 15 is 0 Å². The van der Waals surface area contributed by atoms with Crippen LogP contribution >= 0.6 is 0 Å². The van der Waals surface area contributed by atoms with E-state index in [1.165, 1.54) is 6.42 Å². The Morgan fingerprint density at radius 1 is 1.28 bits per heavy atom. The molecule has 0 aliphatic carbocycles. The van der Waals surface area contributed by atoms with Crippen molar-refractivity contribution in [1.29, 1.82) is 0 Å². The minimum absolute atomic E-state index is 0.400. The van der Waals surface area contributed by atoms with Crippen molar-refractivity contribution in [2.24, 2.45) is 11.3 Å². The average molecular weight is 249 g/mol. The Morgan fingerprint density at radius 2 is 1.94 bits per heavy atom. The van der Waals surface area contributed by atoms with E-state index in [4.69, 9.17) is 10.5 Å². The monoisotopic (exact) mass is 249 g/mol. The Morgan fingerprint density at radius 3 is 2.50 bits per heavy atom.